The Hall–Kier alpha value is -0.890. The lowest BCUT2D eigenvalue weighted by molar-refractivity contribution is -0.123. The Morgan fingerprint density at radius 2 is 2.15 bits per heavy atom. The van der Waals surface area contributed by atoms with Crippen molar-refractivity contribution in [3.63, 3.8) is 0 Å². The average Bonchev–Trinajstić information content (AvgIpc) is 2.69. The highest BCUT2D eigenvalue weighted by Crippen LogP contribution is 2.21. The molecule has 1 aromatic carbocycles. The molecule has 0 spiro atoms. The van der Waals surface area contributed by atoms with Gasteiger partial charge >= 0.3 is 0 Å². The third-order valence-corrected chi connectivity index (χ3v) is 4.10. The number of halogens is 1. The van der Waals surface area contributed by atoms with Gasteiger partial charge in [-0.05, 0) is 65.8 Å². The number of hydrogen-bond acceptors (Lipinski definition) is 2. The summed E-state index contributed by atoms with van der Waals surface area (Å²) >= 11 is 7.61. The average molecular weight is 403 g/mol. The van der Waals surface area contributed by atoms with E-state index in [1.807, 2.05) is 29.7 Å². The number of carbonyl (C=O) groups is 1. The lowest BCUT2D eigenvalue weighted by atomic mass is 10.2. The van der Waals surface area contributed by atoms with Gasteiger partial charge in [0.25, 0.3) is 0 Å². The van der Waals surface area contributed by atoms with E-state index in [9.17, 15) is 4.79 Å². The van der Waals surface area contributed by atoms with Crippen LogP contribution in [-0.4, -0.2) is 22.0 Å². The van der Waals surface area contributed by atoms with E-state index < -0.39 is 0 Å². The summed E-state index contributed by atoms with van der Waals surface area (Å²) in [6.07, 6.45) is 0. The number of carbonyl (C=O) groups excluding carboxylic acids is 1. The second kappa shape index (κ2) is 6.26. The molecule has 108 valence electrons. The number of hydrogen-bond donors (Lipinski definition) is 2. The zero-order chi connectivity index (χ0) is 14.9. The number of H-pyrrole nitrogens is 1. The lowest BCUT2D eigenvalue weighted by Crippen LogP contribution is -2.33. The fourth-order valence-electron chi connectivity index (χ4n) is 2.06. The maximum atomic E-state index is 12.2. The Morgan fingerprint density at radius 1 is 1.45 bits per heavy atom. The molecule has 4 nitrogen and oxygen atoms in total. The van der Waals surface area contributed by atoms with Crippen LogP contribution in [0.4, 0.5) is 0 Å². The molecule has 2 N–H and O–H groups in total. The smallest absolute Gasteiger partial charge is 0.242 e. The van der Waals surface area contributed by atoms with E-state index in [2.05, 4.69) is 46.7 Å². The molecule has 0 aliphatic heterocycles. The Morgan fingerprint density at radius 3 is 2.80 bits per heavy atom. The second-order valence-corrected chi connectivity index (χ2v) is 6.91. The van der Waals surface area contributed by atoms with Gasteiger partial charge in [0.05, 0.1) is 11.0 Å². The lowest BCUT2D eigenvalue weighted by Gasteiger charge is -2.15. The van der Waals surface area contributed by atoms with E-state index in [4.69, 9.17) is 12.2 Å². The monoisotopic (exact) mass is 403 g/mol. The van der Waals surface area contributed by atoms with Crippen LogP contribution in [0.1, 0.15) is 26.8 Å². The van der Waals surface area contributed by atoms with E-state index >= 15 is 0 Å². The van der Waals surface area contributed by atoms with E-state index in [1.54, 1.807) is 0 Å². The molecule has 1 unspecified atom stereocenters. The summed E-state index contributed by atoms with van der Waals surface area (Å²) in [5.74, 6) is 0.429. The van der Waals surface area contributed by atoms with Crippen LogP contribution in [0, 0.1) is 14.3 Å². The number of rotatable bonds is 4. The Bertz CT molecular complexity index is 689. The Balaban J connectivity index is 2.34. The maximum Gasteiger partial charge on any atom is 0.242 e. The molecule has 0 aliphatic carbocycles. The minimum absolute atomic E-state index is 0.00532. The highest BCUT2D eigenvalue weighted by molar-refractivity contribution is 14.1. The van der Waals surface area contributed by atoms with Gasteiger partial charge in [-0.25, -0.2) is 0 Å². The van der Waals surface area contributed by atoms with Gasteiger partial charge in [-0.2, -0.15) is 0 Å². The molecular formula is C14H18IN3OS. The second-order valence-electron chi connectivity index (χ2n) is 5.28. The van der Waals surface area contributed by atoms with Crippen molar-refractivity contribution in [3.05, 3.63) is 26.5 Å². The summed E-state index contributed by atoms with van der Waals surface area (Å²) < 4.78 is 3.58. The highest BCUT2D eigenvalue weighted by Gasteiger charge is 2.18. The molecule has 1 aromatic heterocycles. The van der Waals surface area contributed by atoms with Crippen LogP contribution in [0.5, 0.6) is 0 Å². The quantitative estimate of drug-likeness (QED) is 0.605. The summed E-state index contributed by atoms with van der Waals surface area (Å²) in [7, 11) is 0. The van der Waals surface area contributed by atoms with Gasteiger partial charge in [-0.3, -0.25) is 4.79 Å². The Labute approximate surface area is 137 Å². The van der Waals surface area contributed by atoms with Crippen molar-refractivity contribution >= 4 is 51.7 Å². The van der Waals surface area contributed by atoms with Crippen LogP contribution in [0.2, 0.25) is 0 Å². The molecule has 2 rings (SSSR count). The van der Waals surface area contributed by atoms with Gasteiger partial charge in [0, 0.05) is 10.1 Å². The normalized spacial score (nSPS) is 12.8. The van der Waals surface area contributed by atoms with Crippen LogP contribution in [0.15, 0.2) is 18.2 Å². The van der Waals surface area contributed by atoms with Crippen molar-refractivity contribution in [2.24, 2.45) is 5.92 Å². The largest absolute Gasteiger partial charge is 0.354 e. The molecular weight excluding hydrogens is 385 g/mol. The minimum atomic E-state index is -0.324. The van der Waals surface area contributed by atoms with Crippen LogP contribution in [0.3, 0.4) is 0 Å². The summed E-state index contributed by atoms with van der Waals surface area (Å²) in [6, 6.07) is 5.71. The van der Waals surface area contributed by atoms with E-state index in [1.165, 1.54) is 0 Å². The zero-order valence-corrected chi connectivity index (χ0v) is 14.7. The molecule has 6 heteroatoms. The number of fused-ring (bicyclic) bond motifs is 1. The fraction of sp³-hybridized carbons (Fsp3) is 0.429. The topological polar surface area (TPSA) is 49.8 Å². The van der Waals surface area contributed by atoms with Gasteiger partial charge in [-0.15, -0.1) is 0 Å². The maximum absolute atomic E-state index is 12.2. The van der Waals surface area contributed by atoms with Crippen LogP contribution >= 0.6 is 34.8 Å². The molecule has 0 saturated carbocycles. The molecule has 2 aromatic rings. The minimum Gasteiger partial charge on any atom is -0.354 e. The van der Waals surface area contributed by atoms with Crippen LogP contribution in [0.25, 0.3) is 11.0 Å². The molecule has 0 saturated heterocycles. The Kier molecular flexibility index (Phi) is 4.85. The molecule has 0 radical (unpaired) electrons. The number of nitrogens with one attached hydrogen (secondary N) is 2. The van der Waals surface area contributed by atoms with Gasteiger partial charge in [0.1, 0.15) is 6.04 Å². The number of aromatic nitrogens is 2. The van der Waals surface area contributed by atoms with Gasteiger partial charge in [0.15, 0.2) is 4.77 Å². The molecule has 0 aliphatic rings. The summed E-state index contributed by atoms with van der Waals surface area (Å²) in [5, 5.41) is 2.95. The third-order valence-electron chi connectivity index (χ3n) is 3.13. The first-order valence-electron chi connectivity index (χ1n) is 6.57. The number of aromatic amines is 1. The molecule has 0 bridgehead atoms. The predicted octanol–water partition coefficient (Wildman–Crippen LogP) is 3.64. The summed E-state index contributed by atoms with van der Waals surface area (Å²) in [4.78, 5) is 15.4. The standard InChI is InChI=1S/C14H18IN3OS/c1-8(2)7-16-13(19)9(3)18-12-5-4-10(15)6-11(12)17-14(18)20/h4-6,8-9H,7H2,1-3H3,(H,16,19)(H,17,20). The molecule has 1 heterocycles. The number of nitrogens with zero attached hydrogens (tertiary/aromatic N) is 1. The zero-order valence-electron chi connectivity index (χ0n) is 11.7. The van der Waals surface area contributed by atoms with E-state index in [0.29, 0.717) is 17.2 Å². The van der Waals surface area contributed by atoms with Crippen molar-refractivity contribution in [1.82, 2.24) is 14.9 Å². The first kappa shape index (κ1) is 15.5. The first-order chi connectivity index (χ1) is 9.40. The van der Waals surface area contributed by atoms with Gasteiger partial charge in [0.2, 0.25) is 5.91 Å². The molecule has 20 heavy (non-hydrogen) atoms. The fourth-order valence-corrected chi connectivity index (χ4v) is 2.92. The predicted molar refractivity (Wildman–Crippen MR) is 92.4 cm³/mol. The van der Waals surface area contributed by atoms with Gasteiger partial charge < -0.3 is 14.9 Å². The van der Waals surface area contributed by atoms with E-state index in [-0.39, 0.29) is 11.9 Å². The summed E-state index contributed by atoms with van der Waals surface area (Å²) in [5.41, 5.74) is 1.92. The number of imidazole rings is 1. The molecule has 0 fully saturated rings. The van der Waals surface area contributed by atoms with Crippen molar-refractivity contribution in [2.75, 3.05) is 6.54 Å². The van der Waals surface area contributed by atoms with E-state index in [0.717, 1.165) is 14.6 Å². The highest BCUT2D eigenvalue weighted by atomic mass is 127. The SMILES string of the molecule is CC(C)CNC(=O)C(C)n1c(=S)[nH]c2cc(I)ccc21. The van der Waals surface area contributed by atoms with Crippen LogP contribution < -0.4 is 5.32 Å². The first-order valence-corrected chi connectivity index (χ1v) is 8.06. The van der Waals surface area contributed by atoms with Crippen LogP contribution in [-0.2, 0) is 4.79 Å². The number of amides is 1. The molecule has 1 amide bonds. The van der Waals surface area contributed by atoms with Crippen molar-refractivity contribution in [3.8, 4) is 0 Å². The number of benzene rings is 1. The third kappa shape index (κ3) is 3.22. The van der Waals surface area contributed by atoms with Gasteiger partial charge in [-0.1, -0.05) is 13.8 Å². The molecule has 1 atom stereocenters. The van der Waals surface area contributed by atoms with Crippen molar-refractivity contribution in [1.29, 1.82) is 0 Å². The van der Waals surface area contributed by atoms with Crippen molar-refractivity contribution < 1.29 is 4.79 Å². The summed E-state index contributed by atoms with van der Waals surface area (Å²) in [6.45, 7) is 6.70. The van der Waals surface area contributed by atoms with Crippen molar-refractivity contribution in [2.45, 2.75) is 26.8 Å².